The highest BCUT2D eigenvalue weighted by Gasteiger charge is 2.32. The van der Waals surface area contributed by atoms with E-state index in [1.807, 2.05) is 11.8 Å². The highest BCUT2D eigenvalue weighted by atomic mass is 16.7. The Bertz CT molecular complexity index is 457. The zero-order chi connectivity index (χ0) is 16.1. The first-order chi connectivity index (χ1) is 10.5. The Kier molecular flexibility index (Phi) is 5.52. The summed E-state index contributed by atoms with van der Waals surface area (Å²) in [6.07, 6.45) is 1.58. The summed E-state index contributed by atoms with van der Waals surface area (Å²) in [4.78, 5) is 30.2. The van der Waals surface area contributed by atoms with Crippen LogP contribution in [0.2, 0.25) is 0 Å². The van der Waals surface area contributed by atoms with Gasteiger partial charge in [-0.25, -0.2) is 10.6 Å². The molecule has 22 heavy (non-hydrogen) atoms. The van der Waals surface area contributed by atoms with Crippen molar-refractivity contribution in [2.75, 3.05) is 19.7 Å². The number of hydrogen-bond acceptors (Lipinski definition) is 8. The van der Waals surface area contributed by atoms with Crippen molar-refractivity contribution in [2.24, 2.45) is 5.10 Å². The first-order valence-corrected chi connectivity index (χ1v) is 7.18. The van der Waals surface area contributed by atoms with Crippen LogP contribution in [0.25, 0.3) is 0 Å². The molecule has 0 bridgehead atoms. The molecule has 2 atom stereocenters. The number of nitrogens with one attached hydrogen (secondary N) is 3. The number of hydroxylamine groups is 2. The third-order valence-corrected chi connectivity index (χ3v) is 3.76. The minimum absolute atomic E-state index is 0.0362. The molecule has 10 heteroatoms. The van der Waals surface area contributed by atoms with Gasteiger partial charge >= 0.3 is 5.97 Å². The predicted octanol–water partition coefficient (Wildman–Crippen LogP) is -1.37. The largest absolute Gasteiger partial charge is 0.480 e. The van der Waals surface area contributed by atoms with Crippen LogP contribution in [-0.2, 0) is 14.4 Å². The number of carboxylic acids is 1. The van der Waals surface area contributed by atoms with Gasteiger partial charge in [0.25, 0.3) is 0 Å². The highest BCUT2D eigenvalue weighted by Crippen LogP contribution is 2.21. The minimum Gasteiger partial charge on any atom is -0.480 e. The Labute approximate surface area is 128 Å². The molecule has 0 aromatic rings. The molecule has 10 nitrogen and oxygen atoms in total. The summed E-state index contributed by atoms with van der Waals surface area (Å²) in [5.41, 5.74) is 7.82. The molecule has 2 aliphatic heterocycles. The van der Waals surface area contributed by atoms with Crippen LogP contribution in [0, 0.1) is 0 Å². The first-order valence-electron chi connectivity index (χ1n) is 7.18. The van der Waals surface area contributed by atoms with E-state index in [1.165, 1.54) is 12.0 Å². The van der Waals surface area contributed by atoms with Crippen LogP contribution in [0.4, 0.5) is 0 Å². The van der Waals surface area contributed by atoms with E-state index in [9.17, 15) is 9.59 Å². The number of hydrogen-bond donors (Lipinski definition) is 4. The van der Waals surface area contributed by atoms with Crippen LogP contribution in [0.5, 0.6) is 0 Å². The summed E-state index contributed by atoms with van der Waals surface area (Å²) in [6.45, 7) is 3.98. The second-order valence-corrected chi connectivity index (χ2v) is 5.44. The highest BCUT2D eigenvalue weighted by molar-refractivity contribution is 5.83. The molecule has 0 saturated carbocycles. The molecule has 1 unspecified atom stereocenters. The van der Waals surface area contributed by atoms with E-state index in [0.29, 0.717) is 12.4 Å². The Hall–Kier alpha value is -1.91. The van der Waals surface area contributed by atoms with Gasteiger partial charge in [0.15, 0.2) is 5.84 Å². The molecule has 0 spiro atoms. The SMILES string of the molecule is CC(=O)N(OCC1=NNNN1)C1CC[C@@H](C)N(CC(=O)O)C1. The van der Waals surface area contributed by atoms with Gasteiger partial charge in [-0.1, -0.05) is 0 Å². The Morgan fingerprint density at radius 2 is 2.27 bits per heavy atom. The van der Waals surface area contributed by atoms with Crippen molar-refractivity contribution in [1.82, 2.24) is 26.5 Å². The predicted molar refractivity (Wildman–Crippen MR) is 77.0 cm³/mol. The van der Waals surface area contributed by atoms with Crippen molar-refractivity contribution in [1.29, 1.82) is 0 Å². The summed E-state index contributed by atoms with van der Waals surface area (Å²) in [5.74, 6) is -0.559. The minimum atomic E-state index is -0.871. The van der Waals surface area contributed by atoms with Crippen LogP contribution in [0.15, 0.2) is 5.10 Å². The van der Waals surface area contributed by atoms with Gasteiger partial charge < -0.3 is 5.11 Å². The quantitative estimate of drug-likeness (QED) is 0.444. The number of amides is 1. The molecular formula is C12H22N6O4. The van der Waals surface area contributed by atoms with Crippen molar-refractivity contribution < 1.29 is 19.5 Å². The molecule has 0 aromatic carbocycles. The van der Waals surface area contributed by atoms with E-state index in [0.717, 1.165) is 12.8 Å². The number of aliphatic carboxylic acids is 1. The van der Waals surface area contributed by atoms with Gasteiger partial charge in [-0.2, -0.15) is 0 Å². The topological polar surface area (TPSA) is 119 Å². The lowest BCUT2D eigenvalue weighted by Gasteiger charge is -2.40. The number of rotatable bonds is 6. The number of carbonyl (C=O) groups is 2. The molecule has 2 aliphatic rings. The third-order valence-electron chi connectivity index (χ3n) is 3.76. The Balaban J connectivity index is 1.94. The molecule has 1 saturated heterocycles. The molecule has 0 aliphatic carbocycles. The van der Waals surface area contributed by atoms with Gasteiger partial charge in [-0.15, -0.1) is 10.6 Å². The van der Waals surface area contributed by atoms with E-state index in [2.05, 4.69) is 21.6 Å². The summed E-state index contributed by atoms with van der Waals surface area (Å²) in [6, 6.07) is 0.00593. The molecule has 1 amide bonds. The Morgan fingerprint density at radius 3 is 2.86 bits per heavy atom. The number of nitrogens with zero attached hydrogens (tertiary/aromatic N) is 3. The number of carboxylic acid groups (broad SMARTS) is 1. The van der Waals surface area contributed by atoms with Crippen LogP contribution >= 0.6 is 0 Å². The fourth-order valence-corrected chi connectivity index (χ4v) is 2.62. The van der Waals surface area contributed by atoms with Crippen LogP contribution in [0.3, 0.4) is 0 Å². The van der Waals surface area contributed by atoms with Crippen molar-refractivity contribution in [3.05, 3.63) is 0 Å². The fourth-order valence-electron chi connectivity index (χ4n) is 2.62. The number of hydrazone groups is 1. The summed E-state index contributed by atoms with van der Waals surface area (Å²) >= 11 is 0. The van der Waals surface area contributed by atoms with Gasteiger partial charge in [0.2, 0.25) is 5.91 Å². The summed E-state index contributed by atoms with van der Waals surface area (Å²) in [5, 5.41) is 14.2. The maximum Gasteiger partial charge on any atom is 0.317 e. The first kappa shape index (κ1) is 16.5. The number of piperidine rings is 1. The zero-order valence-corrected chi connectivity index (χ0v) is 12.7. The van der Waals surface area contributed by atoms with E-state index in [4.69, 9.17) is 9.94 Å². The van der Waals surface area contributed by atoms with Crippen molar-refractivity contribution >= 4 is 17.7 Å². The van der Waals surface area contributed by atoms with Crippen molar-refractivity contribution in [3.63, 3.8) is 0 Å². The molecule has 2 heterocycles. The average molecular weight is 314 g/mol. The second kappa shape index (κ2) is 7.38. The van der Waals surface area contributed by atoms with Gasteiger partial charge in [0.05, 0.1) is 12.6 Å². The van der Waals surface area contributed by atoms with Gasteiger partial charge in [0, 0.05) is 19.5 Å². The lowest BCUT2D eigenvalue weighted by Crippen LogP contribution is -2.54. The van der Waals surface area contributed by atoms with Crippen LogP contribution < -0.4 is 16.5 Å². The van der Waals surface area contributed by atoms with E-state index in [1.54, 1.807) is 0 Å². The molecule has 4 N–H and O–H groups in total. The molecule has 0 radical (unpaired) electrons. The van der Waals surface area contributed by atoms with Gasteiger partial charge in [0.1, 0.15) is 6.61 Å². The Morgan fingerprint density at radius 1 is 1.50 bits per heavy atom. The molecule has 2 rings (SSSR count). The molecule has 124 valence electrons. The van der Waals surface area contributed by atoms with Crippen molar-refractivity contribution in [3.8, 4) is 0 Å². The second-order valence-electron chi connectivity index (χ2n) is 5.44. The maximum atomic E-state index is 11.8. The summed E-state index contributed by atoms with van der Waals surface area (Å²) < 4.78 is 0. The maximum absolute atomic E-state index is 11.8. The number of carbonyl (C=O) groups excluding carboxylic acids is 1. The number of amidine groups is 1. The zero-order valence-electron chi connectivity index (χ0n) is 12.7. The monoisotopic (exact) mass is 314 g/mol. The van der Waals surface area contributed by atoms with E-state index < -0.39 is 5.97 Å². The van der Waals surface area contributed by atoms with E-state index >= 15 is 0 Å². The number of likely N-dealkylation sites (tertiary alicyclic amines) is 1. The smallest absolute Gasteiger partial charge is 0.317 e. The van der Waals surface area contributed by atoms with Gasteiger partial charge in [-0.05, 0) is 19.8 Å². The van der Waals surface area contributed by atoms with Crippen molar-refractivity contribution in [2.45, 2.75) is 38.8 Å². The molecular weight excluding hydrogens is 292 g/mol. The van der Waals surface area contributed by atoms with E-state index in [-0.39, 0.29) is 31.1 Å². The lowest BCUT2D eigenvalue weighted by atomic mass is 9.99. The third kappa shape index (κ3) is 4.29. The van der Waals surface area contributed by atoms with Crippen LogP contribution in [-0.4, -0.2) is 64.6 Å². The lowest BCUT2D eigenvalue weighted by molar-refractivity contribution is -0.198. The summed E-state index contributed by atoms with van der Waals surface area (Å²) in [7, 11) is 0. The fraction of sp³-hybridized carbons (Fsp3) is 0.750. The number of hydrazine groups is 2. The molecule has 0 aromatic heterocycles. The molecule has 1 fully saturated rings. The van der Waals surface area contributed by atoms with Crippen LogP contribution in [0.1, 0.15) is 26.7 Å². The standard InChI is InChI=1S/C12H22N6O4/c1-8-3-4-10(5-17(8)6-12(20)21)18(9(2)19)22-7-11-13-15-16-14-11/h8,10,15-16H,3-7H2,1-2H3,(H,13,14)(H,20,21)/t8-,10?/m1/s1. The average Bonchev–Trinajstić information content (AvgIpc) is 2.94. The normalized spacial score (nSPS) is 25.1. The van der Waals surface area contributed by atoms with Gasteiger partial charge in [-0.3, -0.25) is 24.8 Å².